The number of nitrogens with one attached hydrogen (secondary N) is 1. The molecule has 30 heavy (non-hydrogen) atoms. The van der Waals surface area contributed by atoms with Gasteiger partial charge in [0.25, 0.3) is 5.91 Å². The first-order valence-corrected chi connectivity index (χ1v) is 10.1. The molecule has 1 saturated heterocycles. The van der Waals surface area contributed by atoms with E-state index in [-0.39, 0.29) is 11.5 Å². The van der Waals surface area contributed by atoms with Crippen molar-refractivity contribution in [2.75, 3.05) is 0 Å². The second-order valence-corrected chi connectivity index (χ2v) is 7.94. The molecule has 0 radical (unpaired) electrons. The number of furan rings is 1. The first-order chi connectivity index (χ1) is 14.4. The van der Waals surface area contributed by atoms with Crippen molar-refractivity contribution < 1.29 is 19.1 Å². The van der Waals surface area contributed by atoms with Crippen LogP contribution in [0.25, 0.3) is 17.4 Å². The summed E-state index contributed by atoms with van der Waals surface area (Å²) >= 11 is 7.34. The molecule has 0 unspecified atom stereocenters. The topological polar surface area (TPSA) is 91.9 Å². The van der Waals surface area contributed by atoms with Gasteiger partial charge < -0.3 is 14.8 Å². The van der Waals surface area contributed by atoms with Gasteiger partial charge in [-0.1, -0.05) is 29.8 Å². The standard InChI is InChI=1S/C22H15ClN2O4S/c1-12-2-7-15(10-17(12)23)24-22-25-20(26)19(30-22)11-16-8-9-18(29-16)13-3-5-14(6-4-13)21(27)28/h2-11H,1H3,(H,27,28)(H,24,25,26)/b19-11-. The van der Waals surface area contributed by atoms with E-state index in [1.807, 2.05) is 19.1 Å². The number of carboxylic acid groups (broad SMARTS) is 1. The minimum absolute atomic E-state index is 0.202. The molecule has 0 aliphatic carbocycles. The lowest BCUT2D eigenvalue weighted by Crippen LogP contribution is -2.19. The number of thioether (sulfide) groups is 1. The normalized spacial score (nSPS) is 16.3. The van der Waals surface area contributed by atoms with Crippen LogP contribution in [0, 0.1) is 6.92 Å². The molecule has 1 aliphatic rings. The quantitative estimate of drug-likeness (QED) is 0.525. The molecule has 2 aromatic carbocycles. The highest BCUT2D eigenvalue weighted by atomic mass is 35.5. The summed E-state index contributed by atoms with van der Waals surface area (Å²) in [5.41, 5.74) is 2.55. The molecule has 8 heteroatoms. The molecule has 1 amide bonds. The van der Waals surface area contributed by atoms with E-state index in [0.717, 1.165) is 11.1 Å². The van der Waals surface area contributed by atoms with Crippen LogP contribution in [0.5, 0.6) is 0 Å². The van der Waals surface area contributed by atoms with Crippen LogP contribution in [-0.2, 0) is 4.79 Å². The van der Waals surface area contributed by atoms with Gasteiger partial charge in [0, 0.05) is 16.7 Å². The van der Waals surface area contributed by atoms with Crippen molar-refractivity contribution in [2.24, 2.45) is 4.99 Å². The first-order valence-electron chi connectivity index (χ1n) is 8.88. The number of aromatic carboxylic acids is 1. The predicted octanol–water partition coefficient (Wildman–Crippen LogP) is 5.50. The molecule has 1 aliphatic heterocycles. The number of carboxylic acids is 1. The molecule has 6 nitrogen and oxygen atoms in total. The third kappa shape index (κ3) is 4.32. The minimum atomic E-state index is -0.985. The van der Waals surface area contributed by atoms with Gasteiger partial charge in [-0.15, -0.1) is 0 Å². The fourth-order valence-electron chi connectivity index (χ4n) is 2.74. The number of amides is 1. The zero-order valence-electron chi connectivity index (χ0n) is 15.7. The van der Waals surface area contributed by atoms with Crippen LogP contribution in [0.15, 0.2) is 68.9 Å². The second-order valence-electron chi connectivity index (χ2n) is 6.50. The van der Waals surface area contributed by atoms with E-state index in [0.29, 0.717) is 32.3 Å². The number of carbonyl (C=O) groups is 2. The smallest absolute Gasteiger partial charge is 0.335 e. The highest BCUT2D eigenvalue weighted by molar-refractivity contribution is 8.18. The van der Waals surface area contributed by atoms with E-state index in [1.165, 1.54) is 23.9 Å². The number of carbonyl (C=O) groups excluding carboxylic acids is 1. The third-order valence-electron chi connectivity index (χ3n) is 4.35. The fourth-order valence-corrected chi connectivity index (χ4v) is 3.74. The molecule has 0 spiro atoms. The average Bonchev–Trinajstić information content (AvgIpc) is 3.32. The largest absolute Gasteiger partial charge is 0.478 e. The maximum Gasteiger partial charge on any atom is 0.335 e. The number of halogens is 1. The van der Waals surface area contributed by atoms with Gasteiger partial charge in [0.2, 0.25) is 0 Å². The maximum atomic E-state index is 12.3. The minimum Gasteiger partial charge on any atom is -0.478 e. The zero-order chi connectivity index (χ0) is 21.3. The Balaban J connectivity index is 1.52. The number of aryl methyl sites for hydroxylation is 1. The Bertz CT molecular complexity index is 1210. The Morgan fingerprint density at radius 3 is 2.63 bits per heavy atom. The van der Waals surface area contributed by atoms with Crippen LogP contribution in [0.1, 0.15) is 21.7 Å². The van der Waals surface area contributed by atoms with E-state index in [4.69, 9.17) is 21.1 Å². The lowest BCUT2D eigenvalue weighted by atomic mass is 10.1. The molecule has 0 atom stereocenters. The van der Waals surface area contributed by atoms with Gasteiger partial charge in [-0.25, -0.2) is 9.79 Å². The predicted molar refractivity (Wildman–Crippen MR) is 118 cm³/mol. The first kappa shape index (κ1) is 20.0. The highest BCUT2D eigenvalue weighted by Gasteiger charge is 2.24. The molecular formula is C22H15ClN2O4S. The van der Waals surface area contributed by atoms with Crippen LogP contribution in [0.2, 0.25) is 5.02 Å². The third-order valence-corrected chi connectivity index (χ3v) is 5.67. The lowest BCUT2D eigenvalue weighted by molar-refractivity contribution is -0.115. The van der Waals surface area contributed by atoms with E-state index >= 15 is 0 Å². The van der Waals surface area contributed by atoms with E-state index in [1.54, 1.807) is 36.4 Å². The molecule has 4 rings (SSSR count). The molecule has 0 bridgehead atoms. The van der Waals surface area contributed by atoms with Crippen LogP contribution in [0.4, 0.5) is 5.69 Å². The molecular weight excluding hydrogens is 424 g/mol. The van der Waals surface area contributed by atoms with Crippen molar-refractivity contribution >= 4 is 52.2 Å². The SMILES string of the molecule is Cc1ccc(N=C2NC(=O)/C(=C/c3ccc(-c4ccc(C(=O)O)cc4)o3)S2)cc1Cl. The molecule has 0 saturated carbocycles. The monoisotopic (exact) mass is 438 g/mol. The summed E-state index contributed by atoms with van der Waals surface area (Å²) in [6.07, 6.45) is 1.64. The summed E-state index contributed by atoms with van der Waals surface area (Å²) in [5.74, 6) is -0.170. The molecule has 3 aromatic rings. The average molecular weight is 439 g/mol. The molecule has 2 N–H and O–H groups in total. The molecule has 1 aromatic heterocycles. The van der Waals surface area contributed by atoms with Crippen molar-refractivity contribution in [3.05, 3.63) is 81.4 Å². The Labute approximate surface area is 181 Å². The molecule has 150 valence electrons. The van der Waals surface area contributed by atoms with Crippen molar-refractivity contribution in [1.29, 1.82) is 0 Å². The number of hydrogen-bond acceptors (Lipinski definition) is 5. The van der Waals surface area contributed by atoms with Crippen LogP contribution in [-0.4, -0.2) is 22.2 Å². The number of amidine groups is 1. The van der Waals surface area contributed by atoms with Gasteiger partial charge in [-0.3, -0.25) is 4.79 Å². The van der Waals surface area contributed by atoms with Gasteiger partial charge in [-0.2, -0.15) is 0 Å². The number of benzene rings is 2. The Morgan fingerprint density at radius 1 is 1.17 bits per heavy atom. The summed E-state index contributed by atoms with van der Waals surface area (Å²) in [6, 6.07) is 15.3. The van der Waals surface area contributed by atoms with Crippen LogP contribution >= 0.6 is 23.4 Å². The summed E-state index contributed by atoms with van der Waals surface area (Å²) in [7, 11) is 0. The summed E-state index contributed by atoms with van der Waals surface area (Å²) < 4.78 is 5.79. The molecule has 2 heterocycles. The number of aliphatic imine (C=N–C) groups is 1. The zero-order valence-corrected chi connectivity index (χ0v) is 17.3. The summed E-state index contributed by atoms with van der Waals surface area (Å²) in [6.45, 7) is 1.91. The van der Waals surface area contributed by atoms with Gasteiger partial charge in [0.15, 0.2) is 5.17 Å². The van der Waals surface area contributed by atoms with Crippen molar-refractivity contribution in [2.45, 2.75) is 6.92 Å². The second kappa shape index (κ2) is 8.22. The number of hydrogen-bond donors (Lipinski definition) is 2. The Hall–Kier alpha value is -3.29. The van der Waals surface area contributed by atoms with Crippen molar-refractivity contribution in [1.82, 2.24) is 5.32 Å². The fraction of sp³-hybridized carbons (Fsp3) is 0.0455. The van der Waals surface area contributed by atoms with Crippen molar-refractivity contribution in [3.8, 4) is 11.3 Å². The molecule has 1 fully saturated rings. The lowest BCUT2D eigenvalue weighted by Gasteiger charge is -2.00. The number of rotatable bonds is 4. The van der Waals surface area contributed by atoms with Gasteiger partial charge in [0.1, 0.15) is 11.5 Å². The van der Waals surface area contributed by atoms with Crippen LogP contribution in [0.3, 0.4) is 0 Å². The Kier molecular flexibility index (Phi) is 5.48. The van der Waals surface area contributed by atoms with Crippen LogP contribution < -0.4 is 5.32 Å². The van der Waals surface area contributed by atoms with Gasteiger partial charge in [-0.05, 0) is 60.6 Å². The van der Waals surface area contributed by atoms with Crippen molar-refractivity contribution in [3.63, 3.8) is 0 Å². The Morgan fingerprint density at radius 2 is 1.93 bits per heavy atom. The highest BCUT2D eigenvalue weighted by Crippen LogP contribution is 2.31. The van der Waals surface area contributed by atoms with E-state index < -0.39 is 5.97 Å². The maximum absolute atomic E-state index is 12.3. The van der Waals surface area contributed by atoms with Gasteiger partial charge >= 0.3 is 5.97 Å². The summed E-state index contributed by atoms with van der Waals surface area (Å²) in [4.78, 5) is 28.1. The van der Waals surface area contributed by atoms with E-state index in [2.05, 4.69) is 10.3 Å². The number of nitrogens with zero attached hydrogens (tertiary/aromatic N) is 1. The van der Waals surface area contributed by atoms with Gasteiger partial charge in [0.05, 0.1) is 16.2 Å². The van der Waals surface area contributed by atoms with E-state index in [9.17, 15) is 9.59 Å². The summed E-state index contributed by atoms with van der Waals surface area (Å²) in [5, 5.41) is 12.8.